The van der Waals surface area contributed by atoms with Crippen LogP contribution in [-0.4, -0.2) is 53.0 Å². The number of pyridine rings is 1. The maximum absolute atomic E-state index is 12.6. The highest BCUT2D eigenvalue weighted by molar-refractivity contribution is 5.91. The van der Waals surface area contributed by atoms with Gasteiger partial charge in [0.2, 0.25) is 5.91 Å². The Morgan fingerprint density at radius 3 is 2.19 bits per heavy atom. The van der Waals surface area contributed by atoms with Crippen molar-refractivity contribution in [3.05, 3.63) is 23.9 Å². The van der Waals surface area contributed by atoms with Crippen LogP contribution in [0.4, 0.5) is 19.0 Å². The number of aromatic nitrogens is 1. The number of carbonyl (C=O) groups is 2. The van der Waals surface area contributed by atoms with Gasteiger partial charge in [-0.25, -0.2) is 4.98 Å². The molecule has 1 aromatic rings. The highest BCUT2D eigenvalue weighted by atomic mass is 19.4. The quantitative estimate of drug-likeness (QED) is 0.881. The number of nitrogens with zero attached hydrogens (tertiary/aromatic N) is 3. The molecule has 1 aliphatic carbocycles. The van der Waals surface area contributed by atoms with Gasteiger partial charge in [0.15, 0.2) is 0 Å². The van der Waals surface area contributed by atoms with E-state index in [2.05, 4.69) is 4.98 Å². The third-order valence-electron chi connectivity index (χ3n) is 5.35. The maximum Gasteiger partial charge on any atom is 0.417 e. The van der Waals surface area contributed by atoms with Gasteiger partial charge in [-0.15, -0.1) is 0 Å². The van der Waals surface area contributed by atoms with E-state index < -0.39 is 35.0 Å². The average molecular weight is 371 g/mol. The molecule has 1 aromatic heterocycles. The molecular formula is C17H20F3N3O3. The second-order valence-electron chi connectivity index (χ2n) is 7.33. The number of alkyl halides is 3. The third-order valence-corrected chi connectivity index (χ3v) is 5.35. The van der Waals surface area contributed by atoms with Crippen LogP contribution in [0.25, 0.3) is 0 Å². The monoisotopic (exact) mass is 371 g/mol. The third kappa shape index (κ3) is 3.22. The Bertz CT molecular complexity index is 710. The van der Waals surface area contributed by atoms with Gasteiger partial charge >= 0.3 is 12.1 Å². The van der Waals surface area contributed by atoms with E-state index >= 15 is 0 Å². The molecule has 142 valence electrons. The zero-order chi connectivity index (χ0) is 19.3. The van der Waals surface area contributed by atoms with Gasteiger partial charge in [-0.1, -0.05) is 13.8 Å². The minimum atomic E-state index is -4.42. The van der Waals surface area contributed by atoms with Gasteiger partial charge in [-0.2, -0.15) is 13.2 Å². The summed E-state index contributed by atoms with van der Waals surface area (Å²) < 4.78 is 37.8. The Kier molecular flexibility index (Phi) is 4.36. The molecule has 1 N–H and O–H groups in total. The van der Waals surface area contributed by atoms with Crippen molar-refractivity contribution < 1.29 is 27.9 Å². The molecule has 2 heterocycles. The molecule has 0 bridgehead atoms. The van der Waals surface area contributed by atoms with E-state index in [1.807, 2.05) is 4.90 Å². The number of carboxylic acids is 1. The zero-order valence-electron chi connectivity index (χ0n) is 14.5. The molecular weight excluding hydrogens is 351 g/mol. The van der Waals surface area contributed by atoms with Crippen molar-refractivity contribution in [2.75, 3.05) is 31.1 Å². The van der Waals surface area contributed by atoms with Crippen molar-refractivity contribution >= 4 is 17.7 Å². The zero-order valence-corrected chi connectivity index (χ0v) is 14.5. The largest absolute Gasteiger partial charge is 0.481 e. The molecule has 3 rings (SSSR count). The Hall–Kier alpha value is -2.32. The van der Waals surface area contributed by atoms with Crippen molar-refractivity contribution in [2.24, 2.45) is 17.3 Å². The normalized spacial score (nSPS) is 25.1. The number of rotatable bonds is 3. The highest BCUT2D eigenvalue weighted by Crippen LogP contribution is 2.59. The molecule has 2 fully saturated rings. The van der Waals surface area contributed by atoms with Gasteiger partial charge in [-0.05, 0) is 17.5 Å². The number of hydrogen-bond acceptors (Lipinski definition) is 4. The van der Waals surface area contributed by atoms with Gasteiger partial charge in [0, 0.05) is 32.4 Å². The Morgan fingerprint density at radius 2 is 1.77 bits per heavy atom. The number of aliphatic carboxylic acids is 1. The van der Waals surface area contributed by atoms with Crippen LogP contribution in [0.15, 0.2) is 18.3 Å². The van der Waals surface area contributed by atoms with Crippen LogP contribution in [0, 0.1) is 17.3 Å². The molecule has 0 aromatic carbocycles. The SMILES string of the molecule is CC1(C)[C@H](C(=O)O)[C@@H]1C(=O)N1CCN(c2ccc(C(F)(F)F)cn2)CC1. The number of anilines is 1. The summed E-state index contributed by atoms with van der Waals surface area (Å²) in [6.07, 6.45) is -3.62. The summed E-state index contributed by atoms with van der Waals surface area (Å²) in [6.45, 7) is 5.21. The van der Waals surface area contributed by atoms with E-state index in [-0.39, 0.29) is 5.91 Å². The molecule has 1 aliphatic heterocycles. The topological polar surface area (TPSA) is 73.7 Å². The molecule has 1 saturated heterocycles. The second-order valence-corrected chi connectivity index (χ2v) is 7.33. The summed E-state index contributed by atoms with van der Waals surface area (Å²) in [5.41, 5.74) is -1.35. The first kappa shape index (κ1) is 18.5. The standard InChI is InChI=1S/C17H20F3N3O3/c1-16(2)12(13(16)15(25)26)14(24)23-7-5-22(6-8-23)11-4-3-10(9-21-11)17(18,19)20/h3-4,9,12-13H,5-8H2,1-2H3,(H,25,26)/t12-,13+/m1/s1. The van der Waals surface area contributed by atoms with Crippen LogP contribution in [0.1, 0.15) is 19.4 Å². The van der Waals surface area contributed by atoms with Crippen LogP contribution in [0.2, 0.25) is 0 Å². The van der Waals surface area contributed by atoms with Crippen molar-refractivity contribution in [3.8, 4) is 0 Å². The number of carbonyl (C=O) groups excluding carboxylic acids is 1. The van der Waals surface area contributed by atoms with E-state index in [1.165, 1.54) is 6.07 Å². The minimum Gasteiger partial charge on any atom is -0.481 e. The van der Waals surface area contributed by atoms with Crippen LogP contribution < -0.4 is 4.90 Å². The van der Waals surface area contributed by atoms with Crippen LogP contribution in [0.5, 0.6) is 0 Å². The smallest absolute Gasteiger partial charge is 0.417 e. The van der Waals surface area contributed by atoms with E-state index in [0.717, 1.165) is 12.3 Å². The number of halogens is 3. The molecule has 9 heteroatoms. The van der Waals surface area contributed by atoms with Gasteiger partial charge in [-0.3, -0.25) is 9.59 Å². The Morgan fingerprint density at radius 1 is 1.15 bits per heavy atom. The number of piperazine rings is 1. The number of amides is 1. The lowest BCUT2D eigenvalue weighted by atomic mass is 10.1. The molecule has 0 spiro atoms. The molecule has 1 amide bonds. The Labute approximate surface area is 148 Å². The molecule has 1 saturated carbocycles. The van der Waals surface area contributed by atoms with Gasteiger partial charge in [0.25, 0.3) is 0 Å². The summed E-state index contributed by atoms with van der Waals surface area (Å²) in [7, 11) is 0. The van der Waals surface area contributed by atoms with Gasteiger partial charge < -0.3 is 14.9 Å². The van der Waals surface area contributed by atoms with Crippen molar-refractivity contribution in [2.45, 2.75) is 20.0 Å². The molecule has 2 aliphatic rings. The van der Waals surface area contributed by atoms with E-state index in [4.69, 9.17) is 0 Å². The second kappa shape index (κ2) is 6.14. The van der Waals surface area contributed by atoms with E-state index in [9.17, 15) is 27.9 Å². The first-order chi connectivity index (χ1) is 12.0. The van der Waals surface area contributed by atoms with Crippen molar-refractivity contribution in [3.63, 3.8) is 0 Å². The molecule has 6 nitrogen and oxygen atoms in total. The van der Waals surface area contributed by atoms with E-state index in [0.29, 0.717) is 32.0 Å². The first-order valence-electron chi connectivity index (χ1n) is 8.33. The lowest BCUT2D eigenvalue weighted by Crippen LogP contribution is -2.50. The van der Waals surface area contributed by atoms with Crippen molar-refractivity contribution in [1.82, 2.24) is 9.88 Å². The molecule has 0 radical (unpaired) electrons. The van der Waals surface area contributed by atoms with Crippen LogP contribution in [-0.2, 0) is 15.8 Å². The Balaban J connectivity index is 1.60. The first-order valence-corrected chi connectivity index (χ1v) is 8.33. The maximum atomic E-state index is 12.6. The van der Waals surface area contributed by atoms with Crippen molar-refractivity contribution in [1.29, 1.82) is 0 Å². The number of carboxylic acid groups (broad SMARTS) is 1. The molecule has 2 atom stereocenters. The lowest BCUT2D eigenvalue weighted by molar-refractivity contribution is -0.142. The molecule has 0 unspecified atom stereocenters. The predicted octanol–water partition coefficient (Wildman–Crippen LogP) is 2.11. The van der Waals surface area contributed by atoms with Crippen LogP contribution >= 0.6 is 0 Å². The molecule has 26 heavy (non-hydrogen) atoms. The fourth-order valence-corrected chi connectivity index (χ4v) is 3.65. The fourth-order valence-electron chi connectivity index (χ4n) is 3.65. The highest BCUT2D eigenvalue weighted by Gasteiger charge is 2.66. The van der Waals surface area contributed by atoms with E-state index in [1.54, 1.807) is 18.7 Å². The summed E-state index contributed by atoms with van der Waals surface area (Å²) in [5, 5.41) is 9.21. The summed E-state index contributed by atoms with van der Waals surface area (Å²) >= 11 is 0. The lowest BCUT2D eigenvalue weighted by Gasteiger charge is -2.35. The summed E-state index contributed by atoms with van der Waals surface area (Å²) in [6, 6.07) is 2.31. The van der Waals surface area contributed by atoms with Crippen LogP contribution in [0.3, 0.4) is 0 Å². The summed E-state index contributed by atoms with van der Waals surface area (Å²) in [4.78, 5) is 31.2. The summed E-state index contributed by atoms with van der Waals surface area (Å²) in [5.74, 6) is -1.87. The number of hydrogen-bond donors (Lipinski definition) is 1. The van der Waals surface area contributed by atoms with Gasteiger partial charge in [0.05, 0.1) is 17.4 Å². The van der Waals surface area contributed by atoms with Gasteiger partial charge in [0.1, 0.15) is 5.82 Å². The average Bonchev–Trinajstić information content (AvgIpc) is 3.16. The fraction of sp³-hybridized carbons (Fsp3) is 0.588. The predicted molar refractivity (Wildman–Crippen MR) is 86.4 cm³/mol. The minimum absolute atomic E-state index is 0.164.